The number of fused-ring (bicyclic) bond motifs is 1. The maximum absolute atomic E-state index is 2.30. The smallest absolute Gasteiger partial charge is 0.201 e. The third-order valence-corrected chi connectivity index (χ3v) is 3.75. The van der Waals surface area contributed by atoms with Crippen molar-refractivity contribution in [1.82, 2.24) is 0 Å². The fourth-order valence-corrected chi connectivity index (χ4v) is 2.73. The van der Waals surface area contributed by atoms with Gasteiger partial charge in [-0.15, -0.1) is 0 Å². The van der Waals surface area contributed by atoms with Crippen LogP contribution in [0.1, 0.15) is 19.0 Å². The summed E-state index contributed by atoms with van der Waals surface area (Å²) >= 11 is 0. The quantitative estimate of drug-likeness (QED) is 0.665. The standard InChI is InChI=1S/C17H18N/c1-13-7-3-5-9-15(13)17-16-10-6-4-8-14(16)11-12-18(17)2/h3-6,8-13H,7H2,1-2H3/q+1. The number of rotatable bonds is 1. The molecule has 1 heterocycles. The molecule has 90 valence electrons. The first kappa shape index (κ1) is 11.2. The highest BCUT2D eigenvalue weighted by Crippen LogP contribution is 2.31. The second-order valence-electron chi connectivity index (χ2n) is 5.05. The van der Waals surface area contributed by atoms with Crippen LogP contribution in [0.15, 0.2) is 54.8 Å². The van der Waals surface area contributed by atoms with Crippen molar-refractivity contribution in [2.45, 2.75) is 13.3 Å². The third-order valence-electron chi connectivity index (χ3n) is 3.75. The van der Waals surface area contributed by atoms with Crippen molar-refractivity contribution in [3.63, 3.8) is 0 Å². The van der Waals surface area contributed by atoms with Crippen LogP contribution in [-0.4, -0.2) is 0 Å². The molecule has 1 aromatic heterocycles. The van der Waals surface area contributed by atoms with Gasteiger partial charge in [0.2, 0.25) is 5.69 Å². The average Bonchev–Trinajstić information content (AvgIpc) is 2.40. The van der Waals surface area contributed by atoms with Gasteiger partial charge in [0.05, 0.1) is 5.39 Å². The molecule has 0 bridgehead atoms. The second-order valence-corrected chi connectivity index (χ2v) is 5.05. The zero-order valence-corrected chi connectivity index (χ0v) is 10.9. The summed E-state index contributed by atoms with van der Waals surface area (Å²) in [4.78, 5) is 0. The Morgan fingerprint density at radius 3 is 2.83 bits per heavy atom. The number of pyridine rings is 1. The van der Waals surface area contributed by atoms with E-state index in [-0.39, 0.29) is 0 Å². The highest BCUT2D eigenvalue weighted by atomic mass is 14.9. The minimum absolute atomic E-state index is 0.590. The molecule has 1 unspecified atom stereocenters. The molecule has 0 amide bonds. The fraction of sp³-hybridized carbons (Fsp3) is 0.235. The SMILES string of the molecule is CC1CC=CC=C1c1c2ccccc2cc[n+]1C. The summed E-state index contributed by atoms with van der Waals surface area (Å²) in [5, 5.41) is 2.66. The van der Waals surface area contributed by atoms with Crippen molar-refractivity contribution in [3.8, 4) is 0 Å². The fourth-order valence-electron chi connectivity index (χ4n) is 2.73. The number of benzene rings is 1. The first-order valence-electron chi connectivity index (χ1n) is 6.52. The number of aromatic nitrogens is 1. The average molecular weight is 236 g/mol. The summed E-state index contributed by atoms with van der Waals surface area (Å²) in [5.41, 5.74) is 2.79. The van der Waals surface area contributed by atoms with Crippen LogP contribution in [-0.2, 0) is 7.05 Å². The monoisotopic (exact) mass is 236 g/mol. The third kappa shape index (κ3) is 1.76. The lowest BCUT2D eigenvalue weighted by atomic mass is 9.88. The molecule has 0 aliphatic heterocycles. The molecule has 1 aromatic carbocycles. The summed E-state index contributed by atoms with van der Waals surface area (Å²) in [6, 6.07) is 10.8. The molecule has 0 saturated carbocycles. The van der Waals surface area contributed by atoms with E-state index in [1.807, 2.05) is 0 Å². The molecule has 0 fully saturated rings. The van der Waals surface area contributed by atoms with Crippen molar-refractivity contribution >= 4 is 16.3 Å². The maximum Gasteiger partial charge on any atom is 0.216 e. The number of allylic oxidation sites excluding steroid dienone is 4. The van der Waals surface area contributed by atoms with Crippen LogP contribution in [0.5, 0.6) is 0 Å². The molecular formula is C17H18N+. The van der Waals surface area contributed by atoms with E-state index in [1.54, 1.807) is 0 Å². The molecule has 1 heteroatoms. The molecule has 0 N–H and O–H groups in total. The summed E-state index contributed by atoms with van der Waals surface area (Å²) in [6.07, 6.45) is 9.98. The van der Waals surface area contributed by atoms with E-state index in [4.69, 9.17) is 0 Å². The summed E-state index contributed by atoms with van der Waals surface area (Å²) < 4.78 is 2.24. The van der Waals surface area contributed by atoms with Crippen molar-refractivity contribution in [3.05, 3.63) is 60.5 Å². The van der Waals surface area contributed by atoms with E-state index in [1.165, 1.54) is 22.0 Å². The van der Waals surface area contributed by atoms with Crippen LogP contribution in [0, 0.1) is 5.92 Å². The Morgan fingerprint density at radius 2 is 2.00 bits per heavy atom. The summed E-state index contributed by atoms with van der Waals surface area (Å²) in [7, 11) is 2.13. The zero-order chi connectivity index (χ0) is 12.5. The molecule has 1 atom stereocenters. The van der Waals surface area contributed by atoms with Crippen LogP contribution in [0.2, 0.25) is 0 Å². The van der Waals surface area contributed by atoms with Gasteiger partial charge < -0.3 is 0 Å². The van der Waals surface area contributed by atoms with E-state index >= 15 is 0 Å². The van der Waals surface area contributed by atoms with Gasteiger partial charge in [-0.2, -0.15) is 0 Å². The van der Waals surface area contributed by atoms with Crippen molar-refractivity contribution in [1.29, 1.82) is 0 Å². The van der Waals surface area contributed by atoms with Crippen molar-refractivity contribution in [2.24, 2.45) is 13.0 Å². The van der Waals surface area contributed by atoms with E-state index in [0.717, 1.165) is 6.42 Å². The van der Waals surface area contributed by atoms with Crippen LogP contribution in [0.3, 0.4) is 0 Å². The lowest BCUT2D eigenvalue weighted by molar-refractivity contribution is -0.672. The summed E-state index contributed by atoms with van der Waals surface area (Å²) in [6.45, 7) is 2.30. The van der Waals surface area contributed by atoms with E-state index in [0.29, 0.717) is 5.92 Å². The van der Waals surface area contributed by atoms with Gasteiger partial charge in [-0.3, -0.25) is 0 Å². The van der Waals surface area contributed by atoms with Gasteiger partial charge in [-0.25, -0.2) is 4.57 Å². The Kier molecular flexibility index (Phi) is 2.75. The van der Waals surface area contributed by atoms with Gasteiger partial charge in [0.1, 0.15) is 7.05 Å². The van der Waals surface area contributed by atoms with Gasteiger partial charge in [0.25, 0.3) is 0 Å². The van der Waals surface area contributed by atoms with E-state index in [9.17, 15) is 0 Å². The number of hydrogen-bond donors (Lipinski definition) is 0. The van der Waals surface area contributed by atoms with Gasteiger partial charge in [-0.05, 0) is 23.8 Å². The Labute approximate surface area is 108 Å². The molecule has 1 nitrogen and oxygen atoms in total. The minimum atomic E-state index is 0.590. The Hall–Kier alpha value is -1.89. The molecular weight excluding hydrogens is 218 g/mol. The highest BCUT2D eigenvalue weighted by Gasteiger charge is 2.22. The van der Waals surface area contributed by atoms with Crippen molar-refractivity contribution < 1.29 is 4.57 Å². The van der Waals surface area contributed by atoms with Gasteiger partial charge >= 0.3 is 0 Å². The predicted molar refractivity (Wildman–Crippen MR) is 76.0 cm³/mol. The largest absolute Gasteiger partial charge is 0.216 e. The normalized spacial score (nSPS) is 19.0. The highest BCUT2D eigenvalue weighted by molar-refractivity contribution is 5.91. The number of nitrogens with zero attached hydrogens (tertiary/aromatic N) is 1. The van der Waals surface area contributed by atoms with Crippen LogP contribution >= 0.6 is 0 Å². The van der Waals surface area contributed by atoms with Crippen LogP contribution in [0.4, 0.5) is 0 Å². The van der Waals surface area contributed by atoms with Crippen LogP contribution < -0.4 is 4.57 Å². The first-order chi connectivity index (χ1) is 8.77. The topological polar surface area (TPSA) is 3.88 Å². The molecule has 0 radical (unpaired) electrons. The first-order valence-corrected chi connectivity index (χ1v) is 6.52. The predicted octanol–water partition coefficient (Wildman–Crippen LogP) is 3.64. The molecule has 2 aromatic rings. The number of aryl methyl sites for hydroxylation is 1. The Bertz CT molecular complexity index is 650. The second kappa shape index (κ2) is 4.41. The molecule has 3 rings (SSSR count). The molecule has 0 saturated heterocycles. The number of hydrogen-bond acceptors (Lipinski definition) is 0. The molecule has 1 aliphatic rings. The maximum atomic E-state index is 2.30. The van der Waals surface area contributed by atoms with Gasteiger partial charge in [-0.1, -0.05) is 43.4 Å². The Morgan fingerprint density at radius 1 is 1.17 bits per heavy atom. The molecule has 18 heavy (non-hydrogen) atoms. The lowest BCUT2D eigenvalue weighted by Crippen LogP contribution is -2.33. The van der Waals surface area contributed by atoms with E-state index in [2.05, 4.69) is 73.3 Å². The van der Waals surface area contributed by atoms with Crippen LogP contribution in [0.25, 0.3) is 16.3 Å². The summed E-state index contributed by atoms with van der Waals surface area (Å²) in [5.74, 6) is 0.590. The van der Waals surface area contributed by atoms with Gasteiger partial charge in [0, 0.05) is 11.6 Å². The van der Waals surface area contributed by atoms with E-state index < -0.39 is 0 Å². The lowest BCUT2D eigenvalue weighted by Gasteiger charge is -2.16. The van der Waals surface area contributed by atoms with Crippen molar-refractivity contribution in [2.75, 3.05) is 0 Å². The Balaban J connectivity index is 2.31. The van der Waals surface area contributed by atoms with Gasteiger partial charge in [0.15, 0.2) is 6.20 Å². The molecule has 0 spiro atoms. The minimum Gasteiger partial charge on any atom is -0.201 e. The zero-order valence-electron chi connectivity index (χ0n) is 10.9. The molecule has 1 aliphatic carbocycles.